The van der Waals surface area contributed by atoms with Gasteiger partial charge in [-0.3, -0.25) is 4.90 Å². The van der Waals surface area contributed by atoms with Gasteiger partial charge in [0.05, 0.1) is 5.69 Å². The number of rotatable bonds is 3. The molecule has 3 fully saturated rings. The molecular weight excluding hydrogens is 364 g/mol. The third-order valence-corrected chi connectivity index (χ3v) is 6.23. The van der Waals surface area contributed by atoms with E-state index >= 15 is 0 Å². The minimum Gasteiger partial charge on any atom is -0.329 e. The fourth-order valence-corrected chi connectivity index (χ4v) is 4.79. The van der Waals surface area contributed by atoms with Crippen LogP contribution in [0.25, 0.3) is 11.3 Å². The molecule has 4 nitrogen and oxygen atoms in total. The number of fused-ring (bicyclic) bond motifs is 3. The summed E-state index contributed by atoms with van der Waals surface area (Å²) in [6.07, 6.45) is 2.46. The number of benzene rings is 1. The maximum Gasteiger partial charge on any atom is 0.126 e. The minimum atomic E-state index is 0.504. The molecule has 0 saturated carbocycles. The van der Waals surface area contributed by atoms with Gasteiger partial charge in [-0.15, -0.1) is 0 Å². The summed E-state index contributed by atoms with van der Waals surface area (Å²) in [6, 6.07) is 11.0. The average molecular weight is 387 g/mol. The van der Waals surface area contributed by atoms with Crippen LogP contribution in [0.4, 0.5) is 0 Å². The second-order valence-corrected chi connectivity index (χ2v) is 7.83. The van der Waals surface area contributed by atoms with Crippen LogP contribution in [0.2, 0.25) is 0 Å². The number of piperidine rings is 3. The number of hydrogen-bond donors (Lipinski definition) is 1. The van der Waals surface area contributed by atoms with E-state index in [1.807, 2.05) is 13.0 Å². The van der Waals surface area contributed by atoms with Gasteiger partial charge in [-0.05, 0) is 44.4 Å². The van der Waals surface area contributed by atoms with E-state index in [1.165, 1.54) is 25.1 Å². The van der Waals surface area contributed by atoms with Gasteiger partial charge in [0.1, 0.15) is 5.82 Å². The second-order valence-electron chi connectivity index (χ2n) is 6.98. The highest BCUT2D eigenvalue weighted by Gasteiger charge is 2.40. The van der Waals surface area contributed by atoms with Crippen molar-refractivity contribution in [1.82, 2.24) is 14.9 Å². The lowest BCUT2D eigenvalue weighted by Gasteiger charge is -2.49. The SMILES string of the molecule is Cc1nc(-c2ccccc2Br)cc([C@@H]2CN3CC[C@H]2C[C@@H]3CN)n1. The first-order chi connectivity index (χ1) is 11.7. The summed E-state index contributed by atoms with van der Waals surface area (Å²) in [5, 5.41) is 0. The number of nitrogens with zero attached hydrogens (tertiary/aromatic N) is 3. The fourth-order valence-electron chi connectivity index (χ4n) is 4.31. The first-order valence-corrected chi connectivity index (χ1v) is 9.49. The van der Waals surface area contributed by atoms with Crippen molar-refractivity contribution in [3.05, 3.63) is 46.3 Å². The topological polar surface area (TPSA) is 55.0 Å². The Balaban J connectivity index is 1.69. The maximum absolute atomic E-state index is 5.94. The monoisotopic (exact) mass is 386 g/mol. The standard InChI is InChI=1S/C19H23BrN4/c1-12-22-18(15-4-2-3-5-17(15)20)9-19(23-12)16-11-24-7-6-13(16)8-14(24)10-21/h2-5,9,13-14,16H,6-8,10-11,21H2,1H3/t13-,14+,16+/m0/s1. The number of hydrogen-bond acceptors (Lipinski definition) is 4. The van der Waals surface area contributed by atoms with Crippen molar-refractivity contribution in [2.75, 3.05) is 19.6 Å². The van der Waals surface area contributed by atoms with Gasteiger partial charge in [0.15, 0.2) is 0 Å². The Kier molecular flexibility index (Phi) is 4.41. The lowest BCUT2D eigenvalue weighted by atomic mass is 9.74. The van der Waals surface area contributed by atoms with Crippen LogP contribution in [0.15, 0.2) is 34.8 Å². The highest BCUT2D eigenvalue weighted by Crippen LogP contribution is 2.41. The molecule has 24 heavy (non-hydrogen) atoms. The molecule has 3 saturated heterocycles. The lowest BCUT2D eigenvalue weighted by Crippen LogP contribution is -2.55. The third kappa shape index (κ3) is 2.89. The van der Waals surface area contributed by atoms with Gasteiger partial charge in [-0.25, -0.2) is 9.97 Å². The molecule has 4 heterocycles. The largest absolute Gasteiger partial charge is 0.329 e. The molecule has 5 rings (SSSR count). The van der Waals surface area contributed by atoms with Crippen LogP contribution in [0, 0.1) is 12.8 Å². The van der Waals surface area contributed by atoms with Gasteiger partial charge in [-0.2, -0.15) is 0 Å². The van der Waals surface area contributed by atoms with Crippen LogP contribution < -0.4 is 5.73 Å². The Morgan fingerprint density at radius 3 is 2.83 bits per heavy atom. The predicted octanol–water partition coefficient (Wildman–Crippen LogP) is 3.35. The minimum absolute atomic E-state index is 0.504. The zero-order valence-electron chi connectivity index (χ0n) is 14.0. The summed E-state index contributed by atoms with van der Waals surface area (Å²) < 4.78 is 1.08. The van der Waals surface area contributed by atoms with Crippen LogP contribution >= 0.6 is 15.9 Å². The van der Waals surface area contributed by atoms with Gasteiger partial charge in [-0.1, -0.05) is 34.1 Å². The van der Waals surface area contributed by atoms with E-state index in [0.717, 1.165) is 34.6 Å². The number of aryl methyl sites for hydroxylation is 1. The Hall–Kier alpha value is -1.30. The van der Waals surface area contributed by atoms with E-state index in [9.17, 15) is 0 Å². The molecule has 0 aliphatic carbocycles. The second kappa shape index (κ2) is 6.54. The summed E-state index contributed by atoms with van der Waals surface area (Å²) in [7, 11) is 0. The molecule has 1 aromatic carbocycles. The summed E-state index contributed by atoms with van der Waals surface area (Å²) in [4.78, 5) is 12.0. The van der Waals surface area contributed by atoms with Crippen LogP contribution in [-0.2, 0) is 0 Å². The molecule has 3 aliphatic heterocycles. The molecule has 0 spiro atoms. The fraction of sp³-hybridized carbons (Fsp3) is 0.474. The Morgan fingerprint density at radius 2 is 2.12 bits per heavy atom. The van der Waals surface area contributed by atoms with Gasteiger partial charge in [0, 0.05) is 40.8 Å². The van der Waals surface area contributed by atoms with Gasteiger partial charge in [0.25, 0.3) is 0 Å². The Labute approximate surface area is 151 Å². The summed E-state index contributed by atoms with van der Waals surface area (Å²) in [5.41, 5.74) is 9.28. The lowest BCUT2D eigenvalue weighted by molar-refractivity contribution is 0.0333. The van der Waals surface area contributed by atoms with Crippen molar-refractivity contribution in [2.45, 2.75) is 31.7 Å². The molecule has 0 amide bonds. The molecule has 3 aliphatic rings. The summed E-state index contributed by atoms with van der Waals surface area (Å²) in [6.45, 7) is 5.03. The molecule has 126 valence electrons. The maximum atomic E-state index is 5.94. The molecule has 2 aromatic rings. The molecule has 1 aromatic heterocycles. The normalized spacial score (nSPS) is 29.0. The van der Waals surface area contributed by atoms with Crippen molar-refractivity contribution in [3.63, 3.8) is 0 Å². The molecule has 0 radical (unpaired) electrons. The van der Waals surface area contributed by atoms with Crippen molar-refractivity contribution in [2.24, 2.45) is 11.7 Å². The molecule has 5 heteroatoms. The average Bonchev–Trinajstić information content (AvgIpc) is 2.61. The van der Waals surface area contributed by atoms with Crippen molar-refractivity contribution < 1.29 is 0 Å². The smallest absolute Gasteiger partial charge is 0.126 e. The van der Waals surface area contributed by atoms with Gasteiger partial charge >= 0.3 is 0 Å². The van der Waals surface area contributed by atoms with E-state index in [4.69, 9.17) is 10.7 Å². The van der Waals surface area contributed by atoms with Crippen molar-refractivity contribution >= 4 is 15.9 Å². The van der Waals surface area contributed by atoms with E-state index < -0.39 is 0 Å². The first-order valence-electron chi connectivity index (χ1n) is 8.70. The third-order valence-electron chi connectivity index (χ3n) is 5.54. The zero-order chi connectivity index (χ0) is 16.7. The van der Waals surface area contributed by atoms with E-state index in [1.54, 1.807) is 0 Å². The highest BCUT2D eigenvalue weighted by atomic mass is 79.9. The molecule has 2 N–H and O–H groups in total. The summed E-state index contributed by atoms with van der Waals surface area (Å²) >= 11 is 3.65. The summed E-state index contributed by atoms with van der Waals surface area (Å²) in [5.74, 6) is 2.06. The van der Waals surface area contributed by atoms with Crippen LogP contribution in [0.5, 0.6) is 0 Å². The van der Waals surface area contributed by atoms with Crippen LogP contribution in [0.1, 0.15) is 30.3 Å². The van der Waals surface area contributed by atoms with Gasteiger partial charge in [0.2, 0.25) is 0 Å². The van der Waals surface area contributed by atoms with E-state index in [2.05, 4.69) is 50.1 Å². The van der Waals surface area contributed by atoms with Crippen molar-refractivity contribution in [1.29, 1.82) is 0 Å². The van der Waals surface area contributed by atoms with E-state index in [0.29, 0.717) is 17.9 Å². The van der Waals surface area contributed by atoms with Crippen LogP contribution in [-0.4, -0.2) is 40.5 Å². The Morgan fingerprint density at radius 1 is 1.29 bits per heavy atom. The zero-order valence-corrected chi connectivity index (χ0v) is 15.5. The molecular formula is C19H23BrN4. The quantitative estimate of drug-likeness (QED) is 0.878. The van der Waals surface area contributed by atoms with Crippen molar-refractivity contribution in [3.8, 4) is 11.3 Å². The highest BCUT2D eigenvalue weighted by molar-refractivity contribution is 9.10. The molecule has 1 unspecified atom stereocenters. The number of nitrogens with two attached hydrogens (primary N) is 1. The first kappa shape index (κ1) is 16.2. The Bertz CT molecular complexity index is 748. The number of halogens is 1. The van der Waals surface area contributed by atoms with E-state index in [-0.39, 0.29) is 0 Å². The molecule has 2 bridgehead atoms. The number of aromatic nitrogens is 2. The van der Waals surface area contributed by atoms with Gasteiger partial charge < -0.3 is 5.73 Å². The van der Waals surface area contributed by atoms with Crippen LogP contribution in [0.3, 0.4) is 0 Å². The predicted molar refractivity (Wildman–Crippen MR) is 99.8 cm³/mol. The molecule has 4 atom stereocenters.